The Balaban J connectivity index is 0.00000128. The normalized spacial score (nSPS) is 23.2. The zero-order valence-corrected chi connectivity index (χ0v) is 10.7. The summed E-state index contributed by atoms with van der Waals surface area (Å²) >= 11 is 0. The van der Waals surface area contributed by atoms with Crippen LogP contribution < -0.4 is 5.32 Å². The molecule has 0 bridgehead atoms. The summed E-state index contributed by atoms with van der Waals surface area (Å²) in [6.45, 7) is 5.58. The predicted octanol–water partition coefficient (Wildman–Crippen LogP) is 2.81. The van der Waals surface area contributed by atoms with E-state index >= 15 is 0 Å². The second-order valence-electron chi connectivity index (χ2n) is 4.69. The molecule has 0 spiro atoms. The highest BCUT2D eigenvalue weighted by Crippen LogP contribution is 2.41. The molecule has 1 unspecified atom stereocenters. The van der Waals surface area contributed by atoms with Crippen LogP contribution in [0.5, 0.6) is 0 Å². The van der Waals surface area contributed by atoms with Crippen LogP contribution in [0.15, 0.2) is 24.3 Å². The number of rotatable bonds is 2. The lowest BCUT2D eigenvalue weighted by atomic mass is 9.68. The fourth-order valence-electron chi connectivity index (χ4n) is 2.57. The van der Waals surface area contributed by atoms with Crippen LogP contribution in [0.2, 0.25) is 0 Å². The summed E-state index contributed by atoms with van der Waals surface area (Å²) in [5.74, 6) is 0.464. The summed E-state index contributed by atoms with van der Waals surface area (Å²) in [6.07, 6.45) is 1.01. The van der Waals surface area contributed by atoms with E-state index < -0.39 is 0 Å². The van der Waals surface area contributed by atoms with E-state index in [1.54, 1.807) is 0 Å². The smallest absolute Gasteiger partial charge is 0.0531 e. The number of aliphatic hydroxyl groups excluding tert-OH is 1. The zero-order valence-electron chi connectivity index (χ0n) is 9.86. The number of nitrogens with one attached hydrogen (secondary N) is 1. The molecular weight excluding hydrogens is 222 g/mol. The molecule has 1 atom stereocenters. The van der Waals surface area contributed by atoms with Crippen LogP contribution in [-0.2, 0) is 5.41 Å². The van der Waals surface area contributed by atoms with E-state index in [0.29, 0.717) is 5.92 Å². The average molecular weight is 242 g/mol. The van der Waals surface area contributed by atoms with Gasteiger partial charge in [-0.15, -0.1) is 12.4 Å². The van der Waals surface area contributed by atoms with Gasteiger partial charge in [-0.3, -0.25) is 0 Å². The van der Waals surface area contributed by atoms with E-state index in [1.165, 1.54) is 11.3 Å². The monoisotopic (exact) mass is 241 g/mol. The molecule has 2 rings (SSSR count). The van der Waals surface area contributed by atoms with Crippen molar-refractivity contribution in [3.63, 3.8) is 0 Å². The SMILES string of the molecule is CC(C)C1(CO)CCNc2ccccc21.Cl. The third-order valence-electron chi connectivity index (χ3n) is 3.74. The van der Waals surface area contributed by atoms with Crippen molar-refractivity contribution in [2.45, 2.75) is 25.7 Å². The first-order chi connectivity index (χ1) is 7.20. The summed E-state index contributed by atoms with van der Waals surface area (Å²) < 4.78 is 0. The molecule has 2 N–H and O–H groups in total. The van der Waals surface area contributed by atoms with Gasteiger partial charge in [0, 0.05) is 17.6 Å². The van der Waals surface area contributed by atoms with Crippen molar-refractivity contribution in [1.82, 2.24) is 0 Å². The summed E-state index contributed by atoms with van der Waals surface area (Å²) in [4.78, 5) is 0. The quantitative estimate of drug-likeness (QED) is 0.835. The van der Waals surface area contributed by atoms with Crippen molar-refractivity contribution in [2.24, 2.45) is 5.92 Å². The number of benzene rings is 1. The lowest BCUT2D eigenvalue weighted by Crippen LogP contribution is -2.41. The Labute approximate surface area is 103 Å². The molecular formula is C13H20ClNO. The number of hydrogen-bond acceptors (Lipinski definition) is 2. The molecule has 3 heteroatoms. The maximum Gasteiger partial charge on any atom is 0.0531 e. The standard InChI is InChI=1S/C13H19NO.ClH/c1-10(2)13(9-15)7-8-14-12-6-4-3-5-11(12)13;/h3-6,10,14-15H,7-9H2,1-2H3;1H. The van der Waals surface area contributed by atoms with Crippen molar-refractivity contribution >= 4 is 18.1 Å². The van der Waals surface area contributed by atoms with Crippen LogP contribution in [-0.4, -0.2) is 18.3 Å². The van der Waals surface area contributed by atoms with Crippen molar-refractivity contribution < 1.29 is 5.11 Å². The number of anilines is 1. The third kappa shape index (κ3) is 1.92. The largest absolute Gasteiger partial charge is 0.395 e. The van der Waals surface area contributed by atoms with Crippen molar-refractivity contribution in [1.29, 1.82) is 0 Å². The number of para-hydroxylation sites is 1. The number of halogens is 1. The highest BCUT2D eigenvalue weighted by molar-refractivity contribution is 5.85. The van der Waals surface area contributed by atoms with Gasteiger partial charge < -0.3 is 10.4 Å². The van der Waals surface area contributed by atoms with Gasteiger partial charge in [-0.05, 0) is 24.0 Å². The summed E-state index contributed by atoms with van der Waals surface area (Å²) in [6, 6.07) is 8.33. The Morgan fingerprint density at radius 3 is 2.69 bits per heavy atom. The van der Waals surface area contributed by atoms with Crippen LogP contribution in [0.25, 0.3) is 0 Å². The molecule has 0 aliphatic carbocycles. The summed E-state index contributed by atoms with van der Waals surface area (Å²) in [7, 11) is 0. The molecule has 0 saturated heterocycles. The molecule has 1 aliphatic rings. The van der Waals surface area contributed by atoms with Gasteiger partial charge in [0.25, 0.3) is 0 Å². The minimum Gasteiger partial charge on any atom is -0.395 e. The first-order valence-electron chi connectivity index (χ1n) is 5.65. The first kappa shape index (κ1) is 13.3. The van der Waals surface area contributed by atoms with Crippen LogP contribution >= 0.6 is 12.4 Å². The first-order valence-corrected chi connectivity index (χ1v) is 5.65. The maximum atomic E-state index is 9.73. The molecule has 1 aliphatic heterocycles. The Morgan fingerprint density at radius 2 is 2.06 bits per heavy atom. The second-order valence-corrected chi connectivity index (χ2v) is 4.69. The number of aliphatic hydroxyl groups is 1. The molecule has 0 radical (unpaired) electrons. The van der Waals surface area contributed by atoms with E-state index in [9.17, 15) is 5.11 Å². The highest BCUT2D eigenvalue weighted by atomic mass is 35.5. The van der Waals surface area contributed by atoms with Crippen molar-refractivity contribution in [2.75, 3.05) is 18.5 Å². The molecule has 1 heterocycles. The molecule has 0 amide bonds. The van der Waals surface area contributed by atoms with Crippen molar-refractivity contribution in [3.8, 4) is 0 Å². The van der Waals surface area contributed by atoms with Gasteiger partial charge in [0.2, 0.25) is 0 Å². The number of hydrogen-bond donors (Lipinski definition) is 2. The Hall–Kier alpha value is -0.730. The Bertz CT molecular complexity index is 354. The molecule has 16 heavy (non-hydrogen) atoms. The number of fused-ring (bicyclic) bond motifs is 1. The lowest BCUT2D eigenvalue weighted by molar-refractivity contribution is 0.141. The van der Waals surface area contributed by atoms with Crippen LogP contribution in [0.3, 0.4) is 0 Å². The van der Waals surface area contributed by atoms with Crippen LogP contribution in [0.1, 0.15) is 25.8 Å². The second kappa shape index (κ2) is 5.07. The van der Waals surface area contributed by atoms with Gasteiger partial charge in [0.05, 0.1) is 6.61 Å². The molecule has 2 nitrogen and oxygen atoms in total. The summed E-state index contributed by atoms with van der Waals surface area (Å²) in [5, 5.41) is 13.1. The zero-order chi connectivity index (χ0) is 10.9. The van der Waals surface area contributed by atoms with Gasteiger partial charge in [-0.25, -0.2) is 0 Å². The minimum absolute atomic E-state index is 0. The van der Waals surface area contributed by atoms with E-state index in [0.717, 1.165) is 13.0 Å². The lowest BCUT2D eigenvalue weighted by Gasteiger charge is -2.41. The average Bonchev–Trinajstić information content (AvgIpc) is 2.28. The van der Waals surface area contributed by atoms with Gasteiger partial charge in [-0.1, -0.05) is 32.0 Å². The van der Waals surface area contributed by atoms with E-state index in [1.807, 2.05) is 6.07 Å². The topological polar surface area (TPSA) is 32.3 Å². The molecule has 0 aromatic heterocycles. The van der Waals surface area contributed by atoms with E-state index in [-0.39, 0.29) is 24.4 Å². The maximum absolute atomic E-state index is 9.73. The predicted molar refractivity (Wildman–Crippen MR) is 70.4 cm³/mol. The van der Waals surface area contributed by atoms with Gasteiger partial charge in [0.1, 0.15) is 0 Å². The van der Waals surface area contributed by atoms with Crippen LogP contribution in [0, 0.1) is 5.92 Å². The van der Waals surface area contributed by atoms with Crippen molar-refractivity contribution in [3.05, 3.63) is 29.8 Å². The molecule has 90 valence electrons. The highest BCUT2D eigenvalue weighted by Gasteiger charge is 2.38. The van der Waals surface area contributed by atoms with E-state index in [4.69, 9.17) is 0 Å². The third-order valence-corrected chi connectivity index (χ3v) is 3.74. The molecule has 0 fully saturated rings. The van der Waals surface area contributed by atoms with Gasteiger partial charge >= 0.3 is 0 Å². The minimum atomic E-state index is -0.0537. The van der Waals surface area contributed by atoms with Gasteiger partial charge in [-0.2, -0.15) is 0 Å². The van der Waals surface area contributed by atoms with E-state index in [2.05, 4.69) is 37.4 Å². The van der Waals surface area contributed by atoms with Crippen LogP contribution in [0.4, 0.5) is 5.69 Å². The molecule has 0 saturated carbocycles. The fourth-order valence-corrected chi connectivity index (χ4v) is 2.57. The fraction of sp³-hybridized carbons (Fsp3) is 0.538. The summed E-state index contributed by atoms with van der Waals surface area (Å²) in [5.41, 5.74) is 2.40. The Morgan fingerprint density at radius 1 is 1.38 bits per heavy atom. The molecule has 1 aromatic carbocycles. The Kier molecular flexibility index (Phi) is 4.22. The molecule has 1 aromatic rings. The van der Waals surface area contributed by atoms with Gasteiger partial charge in [0.15, 0.2) is 0 Å².